The maximum atomic E-state index is 14.3. The molecule has 0 unspecified atom stereocenters. The molecule has 6 heteroatoms. The Kier molecular flexibility index (Phi) is 6.47. The number of hydrogen-bond acceptors (Lipinski definition) is 3. The van der Waals surface area contributed by atoms with Crippen molar-refractivity contribution in [3.05, 3.63) is 71.0 Å². The van der Waals surface area contributed by atoms with Crippen LogP contribution in [0.2, 0.25) is 0 Å². The Morgan fingerprint density at radius 3 is 2.54 bits per heavy atom. The lowest BCUT2D eigenvalue weighted by Gasteiger charge is -2.36. The van der Waals surface area contributed by atoms with E-state index in [0.717, 1.165) is 38.5 Å². The maximum Gasteiger partial charge on any atom is 0.241 e. The largest absolute Gasteiger partial charge is 0.342 e. The highest BCUT2D eigenvalue weighted by molar-refractivity contribution is 6.11. The third-order valence-electron chi connectivity index (χ3n) is 8.27. The van der Waals surface area contributed by atoms with E-state index in [9.17, 15) is 18.8 Å². The minimum absolute atomic E-state index is 0.0768. The van der Waals surface area contributed by atoms with Gasteiger partial charge in [-0.1, -0.05) is 49.2 Å². The monoisotopic (exact) mass is 476 g/mol. The number of likely N-dealkylation sites (tertiary alicyclic amines) is 2. The summed E-state index contributed by atoms with van der Waals surface area (Å²) in [7, 11) is 0. The van der Waals surface area contributed by atoms with E-state index in [1.54, 1.807) is 12.1 Å². The van der Waals surface area contributed by atoms with Gasteiger partial charge in [0.1, 0.15) is 5.82 Å². The Labute approximate surface area is 206 Å². The number of carbonyl (C=O) groups excluding carboxylic acids is 3. The number of imide groups is 1. The third-order valence-corrected chi connectivity index (χ3v) is 8.27. The normalized spacial score (nSPS) is 25.5. The second-order valence-electron chi connectivity index (χ2n) is 10.5. The summed E-state index contributed by atoms with van der Waals surface area (Å²) in [6.45, 7) is 3.32. The molecule has 5 nitrogen and oxygen atoms in total. The van der Waals surface area contributed by atoms with E-state index < -0.39 is 11.2 Å². The molecule has 184 valence electrons. The predicted molar refractivity (Wildman–Crippen MR) is 131 cm³/mol. The number of piperidine rings is 1. The van der Waals surface area contributed by atoms with Gasteiger partial charge in [-0.05, 0) is 61.4 Å². The fourth-order valence-corrected chi connectivity index (χ4v) is 6.42. The minimum Gasteiger partial charge on any atom is -0.342 e. The number of halogens is 1. The van der Waals surface area contributed by atoms with Crippen molar-refractivity contribution in [2.24, 2.45) is 0 Å². The fraction of sp³-hybridized carbons (Fsp3) is 0.483. The Bertz CT molecular complexity index is 1140. The first kappa shape index (κ1) is 23.7. The Morgan fingerprint density at radius 1 is 1.03 bits per heavy atom. The number of nitrogens with zero attached hydrogens (tertiary/aromatic N) is 2. The van der Waals surface area contributed by atoms with E-state index in [2.05, 4.69) is 19.1 Å². The van der Waals surface area contributed by atoms with Crippen LogP contribution in [-0.4, -0.2) is 46.7 Å². The van der Waals surface area contributed by atoms with Gasteiger partial charge in [0.05, 0.1) is 5.41 Å². The van der Waals surface area contributed by atoms with Crippen molar-refractivity contribution in [2.45, 2.75) is 75.7 Å². The summed E-state index contributed by atoms with van der Waals surface area (Å²) in [6.07, 6.45) is 5.29. The third kappa shape index (κ3) is 4.39. The second kappa shape index (κ2) is 9.56. The van der Waals surface area contributed by atoms with Crippen LogP contribution in [0.1, 0.15) is 74.0 Å². The van der Waals surface area contributed by atoms with Gasteiger partial charge in [-0.3, -0.25) is 19.3 Å². The molecule has 0 spiro atoms. The van der Waals surface area contributed by atoms with Crippen molar-refractivity contribution in [2.75, 3.05) is 13.1 Å². The lowest BCUT2D eigenvalue weighted by atomic mass is 9.75. The summed E-state index contributed by atoms with van der Waals surface area (Å²) in [5.74, 6) is -0.931. The van der Waals surface area contributed by atoms with Gasteiger partial charge < -0.3 is 4.90 Å². The van der Waals surface area contributed by atoms with Gasteiger partial charge in [0.2, 0.25) is 17.7 Å². The lowest BCUT2D eigenvalue weighted by Crippen LogP contribution is -2.47. The van der Waals surface area contributed by atoms with Crippen molar-refractivity contribution in [1.29, 1.82) is 0 Å². The maximum absolute atomic E-state index is 14.3. The predicted octanol–water partition coefficient (Wildman–Crippen LogP) is 4.87. The van der Waals surface area contributed by atoms with E-state index in [4.69, 9.17) is 0 Å². The number of aryl methyl sites for hydroxylation is 1. The highest BCUT2D eigenvalue weighted by atomic mass is 19.1. The summed E-state index contributed by atoms with van der Waals surface area (Å²) in [4.78, 5) is 44.0. The van der Waals surface area contributed by atoms with Crippen molar-refractivity contribution < 1.29 is 18.8 Å². The van der Waals surface area contributed by atoms with Gasteiger partial charge in [-0.25, -0.2) is 4.39 Å². The first-order valence-corrected chi connectivity index (χ1v) is 12.8. The zero-order valence-electron chi connectivity index (χ0n) is 20.3. The van der Waals surface area contributed by atoms with Crippen LogP contribution in [0.3, 0.4) is 0 Å². The molecule has 3 fully saturated rings. The number of amides is 3. The smallest absolute Gasteiger partial charge is 0.241 e. The fourth-order valence-electron chi connectivity index (χ4n) is 6.42. The lowest BCUT2D eigenvalue weighted by molar-refractivity contribution is -0.145. The van der Waals surface area contributed by atoms with Crippen molar-refractivity contribution in [3.8, 4) is 0 Å². The van der Waals surface area contributed by atoms with Crippen LogP contribution < -0.4 is 0 Å². The van der Waals surface area contributed by atoms with E-state index >= 15 is 0 Å². The van der Waals surface area contributed by atoms with Gasteiger partial charge in [-0.15, -0.1) is 0 Å². The average molecular weight is 477 g/mol. The average Bonchev–Trinajstić information content (AvgIpc) is 3.46. The molecule has 5 rings (SSSR count). The molecule has 0 radical (unpaired) electrons. The summed E-state index contributed by atoms with van der Waals surface area (Å²) in [5.41, 5.74) is 1.56. The van der Waals surface area contributed by atoms with Crippen molar-refractivity contribution >= 4 is 17.7 Å². The molecular formula is C29H33FN2O3. The van der Waals surface area contributed by atoms with Gasteiger partial charge in [0.25, 0.3) is 0 Å². The van der Waals surface area contributed by atoms with Crippen LogP contribution in [0.25, 0.3) is 0 Å². The van der Waals surface area contributed by atoms with Crippen LogP contribution in [0, 0.1) is 12.7 Å². The zero-order chi connectivity index (χ0) is 24.6. The van der Waals surface area contributed by atoms with Crippen LogP contribution in [0.15, 0.2) is 48.5 Å². The molecule has 1 saturated carbocycles. The molecular weight excluding hydrogens is 443 g/mol. The van der Waals surface area contributed by atoms with Crippen LogP contribution in [0.5, 0.6) is 0 Å². The molecule has 3 amide bonds. The molecule has 2 aromatic rings. The topological polar surface area (TPSA) is 57.7 Å². The minimum atomic E-state index is -1.34. The molecule has 0 bridgehead atoms. The molecule has 0 aromatic heterocycles. The van der Waals surface area contributed by atoms with E-state index in [0.29, 0.717) is 18.7 Å². The first-order chi connectivity index (χ1) is 16.9. The van der Waals surface area contributed by atoms with Gasteiger partial charge in [0, 0.05) is 37.9 Å². The summed E-state index contributed by atoms with van der Waals surface area (Å²) in [6, 6.07) is 14.1. The first-order valence-electron chi connectivity index (χ1n) is 12.8. The van der Waals surface area contributed by atoms with Crippen LogP contribution in [0.4, 0.5) is 4.39 Å². The van der Waals surface area contributed by atoms with Crippen LogP contribution >= 0.6 is 0 Å². The summed E-state index contributed by atoms with van der Waals surface area (Å²) >= 11 is 0. The molecule has 35 heavy (non-hydrogen) atoms. The number of carbonyl (C=O) groups is 3. The molecule has 0 N–H and O–H groups in total. The Hall–Kier alpha value is -3.02. The SMILES string of the molecule is Cc1ccccc1[C@@H]1CCCN(C(=O)C[C@]2(c3cccc(F)c3)CC(=O)N(C3CCCC3)C2=O)C1. The molecule has 2 aliphatic heterocycles. The Morgan fingerprint density at radius 2 is 1.80 bits per heavy atom. The van der Waals surface area contributed by atoms with E-state index in [1.807, 2.05) is 17.0 Å². The van der Waals surface area contributed by atoms with E-state index in [-0.39, 0.29) is 42.5 Å². The number of rotatable bonds is 5. The standard InChI is InChI=1S/C29H33FN2O3/c1-20-8-2-5-14-25(20)21-9-7-15-31(19-21)26(33)17-29(22-10-6-11-23(30)16-22)18-27(34)32(28(29)35)24-12-3-4-13-24/h2,5-6,8,10-11,14,16,21,24H,3-4,7,9,12-13,15,17-19H2,1H3/t21-,29-/m1/s1. The summed E-state index contributed by atoms with van der Waals surface area (Å²) in [5, 5.41) is 0. The molecule has 2 atom stereocenters. The molecule has 1 aliphatic carbocycles. The Balaban J connectivity index is 1.43. The number of hydrogen-bond donors (Lipinski definition) is 0. The zero-order valence-corrected chi connectivity index (χ0v) is 20.3. The summed E-state index contributed by atoms with van der Waals surface area (Å²) < 4.78 is 14.3. The second-order valence-corrected chi connectivity index (χ2v) is 10.5. The van der Waals surface area contributed by atoms with E-state index in [1.165, 1.54) is 28.2 Å². The quantitative estimate of drug-likeness (QED) is 0.579. The van der Waals surface area contributed by atoms with Crippen molar-refractivity contribution in [1.82, 2.24) is 9.80 Å². The molecule has 3 aliphatic rings. The number of benzene rings is 2. The highest BCUT2D eigenvalue weighted by Crippen LogP contribution is 2.43. The van der Waals surface area contributed by atoms with Gasteiger partial charge >= 0.3 is 0 Å². The molecule has 2 saturated heterocycles. The highest BCUT2D eigenvalue weighted by Gasteiger charge is 2.56. The molecule has 2 aromatic carbocycles. The van der Waals surface area contributed by atoms with Crippen LogP contribution in [-0.2, 0) is 19.8 Å². The molecule has 2 heterocycles. The van der Waals surface area contributed by atoms with Gasteiger partial charge in [0.15, 0.2) is 0 Å². The van der Waals surface area contributed by atoms with Crippen molar-refractivity contribution in [3.63, 3.8) is 0 Å². The van der Waals surface area contributed by atoms with Gasteiger partial charge in [-0.2, -0.15) is 0 Å².